The first-order chi connectivity index (χ1) is 7.88. The molecule has 0 N–H and O–H groups in total. The molecule has 0 atom stereocenters. The molecule has 0 aliphatic carbocycles. The van der Waals surface area contributed by atoms with Gasteiger partial charge in [-0.25, -0.2) is 0 Å². The van der Waals surface area contributed by atoms with Gasteiger partial charge in [-0.05, 0) is 37.3 Å². The predicted octanol–water partition coefficient (Wildman–Crippen LogP) is 4.58. The molecule has 90 valence electrons. The zero-order valence-electron chi connectivity index (χ0n) is 10.0. The molecule has 1 aromatic carbocycles. The number of alkyl halides is 1. The van der Waals surface area contributed by atoms with Gasteiger partial charge in [-0.2, -0.15) is 0 Å². The van der Waals surface area contributed by atoms with Crippen LogP contribution in [0.3, 0.4) is 0 Å². The highest BCUT2D eigenvalue weighted by Gasteiger charge is 2.02. The van der Waals surface area contributed by atoms with E-state index in [4.69, 9.17) is 4.74 Å². The quantitative estimate of drug-likeness (QED) is 0.501. The molecule has 0 aromatic heterocycles. The molecule has 0 saturated carbocycles. The molecule has 0 amide bonds. The standard InChI is InChI=1S/C14H21BrO/c1-2-3-12-16-14-10-5-4-8-13(14)9-6-7-11-15/h4-5,8,10H,2-3,6-7,9,11-12H2,1H3. The SMILES string of the molecule is CCCCOc1ccccc1CCCCBr. The van der Waals surface area contributed by atoms with Gasteiger partial charge < -0.3 is 4.74 Å². The van der Waals surface area contributed by atoms with Crippen LogP contribution in [0.4, 0.5) is 0 Å². The van der Waals surface area contributed by atoms with Crippen molar-refractivity contribution in [2.24, 2.45) is 0 Å². The Morgan fingerprint density at radius 3 is 2.69 bits per heavy atom. The van der Waals surface area contributed by atoms with Gasteiger partial charge in [-0.3, -0.25) is 0 Å². The average Bonchev–Trinajstić information content (AvgIpc) is 2.32. The molecule has 0 radical (unpaired) electrons. The van der Waals surface area contributed by atoms with Gasteiger partial charge in [0.1, 0.15) is 5.75 Å². The van der Waals surface area contributed by atoms with Gasteiger partial charge in [0.2, 0.25) is 0 Å². The molecule has 0 aliphatic heterocycles. The van der Waals surface area contributed by atoms with E-state index >= 15 is 0 Å². The van der Waals surface area contributed by atoms with Crippen molar-refractivity contribution < 1.29 is 4.74 Å². The Labute approximate surface area is 107 Å². The third kappa shape index (κ3) is 5.02. The smallest absolute Gasteiger partial charge is 0.122 e. The van der Waals surface area contributed by atoms with Crippen molar-refractivity contribution in [3.05, 3.63) is 29.8 Å². The van der Waals surface area contributed by atoms with E-state index in [-0.39, 0.29) is 0 Å². The van der Waals surface area contributed by atoms with Crippen molar-refractivity contribution in [1.29, 1.82) is 0 Å². The Hall–Kier alpha value is -0.500. The summed E-state index contributed by atoms with van der Waals surface area (Å²) in [5, 5.41) is 1.09. The van der Waals surface area contributed by atoms with Gasteiger partial charge in [-0.15, -0.1) is 0 Å². The van der Waals surface area contributed by atoms with Crippen LogP contribution in [0.25, 0.3) is 0 Å². The zero-order chi connectivity index (χ0) is 11.6. The van der Waals surface area contributed by atoms with Gasteiger partial charge in [0, 0.05) is 5.33 Å². The van der Waals surface area contributed by atoms with Crippen molar-refractivity contribution in [2.75, 3.05) is 11.9 Å². The summed E-state index contributed by atoms with van der Waals surface area (Å²) in [6, 6.07) is 8.40. The second kappa shape index (κ2) is 8.63. The van der Waals surface area contributed by atoms with Gasteiger partial charge >= 0.3 is 0 Å². The first kappa shape index (κ1) is 13.6. The van der Waals surface area contributed by atoms with Crippen molar-refractivity contribution in [1.82, 2.24) is 0 Å². The fourth-order valence-electron chi connectivity index (χ4n) is 1.59. The Kier molecular flexibility index (Phi) is 7.32. The summed E-state index contributed by atoms with van der Waals surface area (Å²) in [7, 11) is 0. The van der Waals surface area contributed by atoms with Crippen molar-refractivity contribution >= 4 is 15.9 Å². The minimum absolute atomic E-state index is 0.839. The Morgan fingerprint density at radius 1 is 1.12 bits per heavy atom. The molecule has 0 fully saturated rings. The lowest BCUT2D eigenvalue weighted by atomic mass is 10.1. The third-order valence-corrected chi connectivity index (χ3v) is 3.12. The first-order valence-electron chi connectivity index (χ1n) is 6.15. The highest BCUT2D eigenvalue weighted by molar-refractivity contribution is 9.09. The van der Waals surface area contributed by atoms with E-state index in [1.54, 1.807) is 0 Å². The largest absolute Gasteiger partial charge is 0.493 e. The summed E-state index contributed by atoms with van der Waals surface area (Å²) >= 11 is 3.46. The van der Waals surface area contributed by atoms with Gasteiger partial charge in [0.15, 0.2) is 0 Å². The fraction of sp³-hybridized carbons (Fsp3) is 0.571. The monoisotopic (exact) mass is 284 g/mol. The topological polar surface area (TPSA) is 9.23 Å². The number of unbranched alkanes of at least 4 members (excludes halogenated alkanes) is 2. The second-order valence-corrected chi connectivity index (χ2v) is 4.75. The molecular formula is C14H21BrO. The van der Waals surface area contributed by atoms with Crippen LogP contribution >= 0.6 is 15.9 Å². The number of para-hydroxylation sites is 1. The molecule has 0 heterocycles. The molecule has 1 aromatic rings. The predicted molar refractivity (Wildman–Crippen MR) is 73.6 cm³/mol. The third-order valence-electron chi connectivity index (χ3n) is 2.56. The molecule has 0 unspecified atom stereocenters. The molecule has 0 saturated heterocycles. The average molecular weight is 285 g/mol. The van der Waals surface area contributed by atoms with Crippen molar-refractivity contribution in [3.8, 4) is 5.75 Å². The van der Waals surface area contributed by atoms with Crippen LogP contribution in [-0.2, 0) is 6.42 Å². The molecule has 0 bridgehead atoms. The molecular weight excluding hydrogens is 264 g/mol. The lowest BCUT2D eigenvalue weighted by Crippen LogP contribution is -2.00. The minimum Gasteiger partial charge on any atom is -0.493 e. The van der Waals surface area contributed by atoms with E-state index < -0.39 is 0 Å². The molecule has 16 heavy (non-hydrogen) atoms. The van der Waals surface area contributed by atoms with Crippen LogP contribution < -0.4 is 4.74 Å². The maximum Gasteiger partial charge on any atom is 0.122 e. The van der Waals surface area contributed by atoms with E-state index in [0.717, 1.165) is 30.5 Å². The van der Waals surface area contributed by atoms with Crippen molar-refractivity contribution in [2.45, 2.75) is 39.0 Å². The number of benzene rings is 1. The lowest BCUT2D eigenvalue weighted by molar-refractivity contribution is 0.306. The number of hydrogen-bond donors (Lipinski definition) is 0. The molecule has 1 rings (SSSR count). The molecule has 2 heteroatoms. The minimum atomic E-state index is 0.839. The molecule has 0 spiro atoms. The van der Waals surface area contributed by atoms with E-state index in [0.29, 0.717) is 0 Å². The maximum atomic E-state index is 5.80. The number of halogens is 1. The Bertz CT molecular complexity index is 257. The first-order valence-corrected chi connectivity index (χ1v) is 7.27. The van der Waals surface area contributed by atoms with Crippen LogP contribution in [0.1, 0.15) is 38.2 Å². The van der Waals surface area contributed by atoms with Crippen LogP contribution in [0.2, 0.25) is 0 Å². The lowest BCUT2D eigenvalue weighted by Gasteiger charge is -2.10. The number of aryl methyl sites for hydroxylation is 1. The second-order valence-electron chi connectivity index (χ2n) is 3.96. The van der Waals surface area contributed by atoms with Crippen LogP contribution in [-0.4, -0.2) is 11.9 Å². The summed E-state index contributed by atoms with van der Waals surface area (Å²) in [5.41, 5.74) is 1.35. The van der Waals surface area contributed by atoms with E-state index in [1.165, 1.54) is 24.8 Å². The molecule has 1 nitrogen and oxygen atoms in total. The maximum absolute atomic E-state index is 5.80. The summed E-state index contributed by atoms with van der Waals surface area (Å²) in [5.74, 6) is 1.07. The fourth-order valence-corrected chi connectivity index (χ4v) is 1.98. The van der Waals surface area contributed by atoms with Crippen LogP contribution in [0.5, 0.6) is 5.75 Å². The Morgan fingerprint density at radius 2 is 1.94 bits per heavy atom. The summed E-state index contributed by atoms with van der Waals surface area (Å²) in [6.45, 7) is 3.03. The molecule has 0 aliphatic rings. The van der Waals surface area contributed by atoms with E-state index in [9.17, 15) is 0 Å². The van der Waals surface area contributed by atoms with Gasteiger partial charge in [-0.1, -0.05) is 47.5 Å². The highest BCUT2D eigenvalue weighted by Crippen LogP contribution is 2.20. The zero-order valence-corrected chi connectivity index (χ0v) is 11.6. The Balaban J connectivity index is 2.46. The van der Waals surface area contributed by atoms with Gasteiger partial charge in [0.05, 0.1) is 6.61 Å². The number of ether oxygens (including phenoxy) is 1. The van der Waals surface area contributed by atoms with Crippen LogP contribution in [0.15, 0.2) is 24.3 Å². The summed E-state index contributed by atoms with van der Waals surface area (Å²) in [6.07, 6.45) is 5.89. The van der Waals surface area contributed by atoms with E-state index in [1.807, 2.05) is 0 Å². The van der Waals surface area contributed by atoms with Crippen molar-refractivity contribution in [3.63, 3.8) is 0 Å². The normalized spacial score (nSPS) is 10.4. The summed E-state index contributed by atoms with van der Waals surface area (Å²) in [4.78, 5) is 0. The van der Waals surface area contributed by atoms with Crippen LogP contribution in [0, 0.1) is 0 Å². The van der Waals surface area contributed by atoms with Gasteiger partial charge in [0.25, 0.3) is 0 Å². The van der Waals surface area contributed by atoms with E-state index in [2.05, 4.69) is 47.1 Å². The number of rotatable bonds is 8. The summed E-state index contributed by atoms with van der Waals surface area (Å²) < 4.78 is 5.80. The number of hydrogen-bond acceptors (Lipinski definition) is 1. The highest BCUT2D eigenvalue weighted by atomic mass is 79.9.